The summed E-state index contributed by atoms with van der Waals surface area (Å²) in [5.74, 6) is 1.69. The third-order valence-corrected chi connectivity index (χ3v) is 8.90. The van der Waals surface area contributed by atoms with E-state index < -0.39 is 5.54 Å². The zero-order chi connectivity index (χ0) is 24.9. The number of hydrogen-bond acceptors (Lipinski definition) is 5. The van der Waals surface area contributed by atoms with Gasteiger partial charge >= 0.3 is 0 Å². The van der Waals surface area contributed by atoms with Gasteiger partial charge in [0.1, 0.15) is 11.2 Å². The summed E-state index contributed by atoms with van der Waals surface area (Å²) in [5.41, 5.74) is 1.06. The molecule has 0 unspecified atom stereocenters. The molecular formula is C27H33N3O4S. The lowest BCUT2D eigenvalue weighted by atomic mass is 9.77. The third kappa shape index (κ3) is 3.78. The van der Waals surface area contributed by atoms with E-state index in [2.05, 4.69) is 19.2 Å². The van der Waals surface area contributed by atoms with Gasteiger partial charge in [-0.05, 0) is 54.8 Å². The number of thiophene rings is 1. The molecule has 2 amide bonds. The van der Waals surface area contributed by atoms with Gasteiger partial charge in [-0.25, -0.2) is 0 Å². The molecule has 2 aliphatic rings. The monoisotopic (exact) mass is 495 g/mol. The zero-order valence-electron chi connectivity index (χ0n) is 21.0. The summed E-state index contributed by atoms with van der Waals surface area (Å²) in [6, 6.07) is 9.41. The van der Waals surface area contributed by atoms with Gasteiger partial charge in [-0.2, -0.15) is 0 Å². The lowest BCUT2D eigenvalue weighted by Gasteiger charge is -2.45. The first-order valence-electron chi connectivity index (χ1n) is 12.2. The lowest BCUT2D eigenvalue weighted by molar-refractivity contribution is -0.128. The summed E-state index contributed by atoms with van der Waals surface area (Å²) in [7, 11) is 3.14. The summed E-state index contributed by atoms with van der Waals surface area (Å²) in [5, 5.41) is 5.37. The number of anilines is 1. The van der Waals surface area contributed by atoms with E-state index in [0.29, 0.717) is 41.3 Å². The molecule has 1 aliphatic heterocycles. The van der Waals surface area contributed by atoms with E-state index in [1.807, 2.05) is 35.1 Å². The predicted octanol–water partition coefficient (Wildman–Crippen LogP) is 5.08. The highest BCUT2D eigenvalue weighted by Gasteiger charge is 2.49. The first-order valence-corrected chi connectivity index (χ1v) is 13.1. The van der Waals surface area contributed by atoms with Crippen LogP contribution in [0.2, 0.25) is 0 Å². The standard InChI is InChI=1S/C27H33N3O4S/c1-16-7-6-8-19(17(16)2)28-26(32)27(3)15-29-20-11-12-35-24(20)14-21(29)25(31)30(27)18-9-10-22(33-4)23(13-18)34-5/h9-14,16-17,19H,6-8,15H2,1-5H3,(H,28,32)/t16-,17+,19-,27-/m1/s1. The van der Waals surface area contributed by atoms with Gasteiger partial charge in [-0.1, -0.05) is 26.7 Å². The highest BCUT2D eigenvalue weighted by atomic mass is 32.1. The highest BCUT2D eigenvalue weighted by molar-refractivity contribution is 7.17. The second kappa shape index (κ2) is 8.90. The van der Waals surface area contributed by atoms with Crippen LogP contribution in [0, 0.1) is 11.8 Å². The number of ether oxygens (including phenoxy) is 2. The van der Waals surface area contributed by atoms with Crippen LogP contribution in [0.5, 0.6) is 11.5 Å². The molecule has 2 aromatic heterocycles. The molecule has 1 saturated carbocycles. The molecule has 3 heterocycles. The molecule has 8 heteroatoms. The van der Waals surface area contributed by atoms with Gasteiger partial charge in [0.05, 0.1) is 31.0 Å². The van der Waals surface area contributed by atoms with E-state index in [1.165, 1.54) is 6.42 Å². The Balaban J connectivity index is 1.60. The maximum atomic E-state index is 14.1. The number of carbonyl (C=O) groups excluding carboxylic acids is 2. The smallest absolute Gasteiger partial charge is 0.275 e. The fraction of sp³-hybridized carbons (Fsp3) is 0.481. The molecule has 0 saturated heterocycles. The molecule has 1 aliphatic carbocycles. The number of fused-ring (bicyclic) bond motifs is 3. The molecule has 5 rings (SSSR count). The minimum atomic E-state index is -1.13. The maximum absolute atomic E-state index is 14.1. The van der Waals surface area contributed by atoms with E-state index in [1.54, 1.807) is 42.6 Å². The van der Waals surface area contributed by atoms with Crippen LogP contribution in [0.25, 0.3) is 10.2 Å². The number of carbonyl (C=O) groups is 2. The number of nitrogens with one attached hydrogen (secondary N) is 1. The fourth-order valence-electron chi connectivity index (χ4n) is 5.69. The van der Waals surface area contributed by atoms with Crippen molar-refractivity contribution in [3.8, 4) is 11.5 Å². The van der Waals surface area contributed by atoms with Crippen LogP contribution in [0.15, 0.2) is 35.7 Å². The average Bonchev–Trinajstić information content (AvgIpc) is 3.44. The van der Waals surface area contributed by atoms with Gasteiger partial charge in [0, 0.05) is 17.8 Å². The van der Waals surface area contributed by atoms with Gasteiger partial charge in [0.2, 0.25) is 5.91 Å². The Labute approximate surface area is 210 Å². The Hall–Kier alpha value is -3.00. The van der Waals surface area contributed by atoms with Crippen LogP contribution in [-0.4, -0.2) is 42.2 Å². The number of nitrogens with zero attached hydrogens (tertiary/aromatic N) is 2. The second-order valence-electron chi connectivity index (χ2n) is 10.1. The van der Waals surface area contributed by atoms with Gasteiger partial charge in [0.15, 0.2) is 11.5 Å². The average molecular weight is 496 g/mol. The quantitative estimate of drug-likeness (QED) is 0.536. The number of amides is 2. The second-order valence-corrected chi connectivity index (χ2v) is 11.0. The van der Waals surface area contributed by atoms with E-state index >= 15 is 0 Å². The Morgan fingerprint density at radius 3 is 2.63 bits per heavy atom. The SMILES string of the molecule is COc1ccc(N2C(=O)c3cc4sccc4n3C[C@]2(C)C(=O)N[C@@H]2CCC[C@@H](C)[C@@H]2C)cc1OC. The van der Waals surface area contributed by atoms with Crippen LogP contribution in [0.4, 0.5) is 5.69 Å². The van der Waals surface area contributed by atoms with Crippen molar-refractivity contribution in [1.82, 2.24) is 9.88 Å². The zero-order valence-corrected chi connectivity index (χ0v) is 21.8. The van der Waals surface area contributed by atoms with Gasteiger partial charge in [-0.3, -0.25) is 14.5 Å². The highest BCUT2D eigenvalue weighted by Crippen LogP contribution is 2.40. The van der Waals surface area contributed by atoms with Crippen molar-refractivity contribution < 1.29 is 19.1 Å². The number of methoxy groups -OCH3 is 2. The van der Waals surface area contributed by atoms with Crippen molar-refractivity contribution in [3.05, 3.63) is 41.4 Å². The van der Waals surface area contributed by atoms with Gasteiger partial charge < -0.3 is 19.4 Å². The first-order chi connectivity index (χ1) is 16.8. The Morgan fingerprint density at radius 2 is 1.89 bits per heavy atom. The molecule has 7 nitrogen and oxygen atoms in total. The van der Waals surface area contributed by atoms with Crippen molar-refractivity contribution in [2.75, 3.05) is 19.1 Å². The van der Waals surface area contributed by atoms with Crippen molar-refractivity contribution in [3.63, 3.8) is 0 Å². The van der Waals surface area contributed by atoms with Crippen LogP contribution in [0.1, 0.15) is 50.5 Å². The first kappa shape index (κ1) is 23.7. The summed E-state index contributed by atoms with van der Waals surface area (Å²) >= 11 is 1.60. The van der Waals surface area contributed by atoms with Crippen molar-refractivity contribution in [2.24, 2.45) is 11.8 Å². The molecule has 186 valence electrons. The van der Waals surface area contributed by atoms with Crippen molar-refractivity contribution >= 4 is 39.1 Å². The van der Waals surface area contributed by atoms with Crippen LogP contribution in [-0.2, 0) is 11.3 Å². The van der Waals surface area contributed by atoms with Crippen LogP contribution < -0.4 is 19.7 Å². The van der Waals surface area contributed by atoms with Crippen LogP contribution >= 0.6 is 11.3 Å². The summed E-state index contributed by atoms with van der Waals surface area (Å²) in [4.78, 5) is 29.7. The predicted molar refractivity (Wildman–Crippen MR) is 139 cm³/mol. The summed E-state index contributed by atoms with van der Waals surface area (Å²) in [6.07, 6.45) is 3.24. The summed E-state index contributed by atoms with van der Waals surface area (Å²) < 4.78 is 14.0. The maximum Gasteiger partial charge on any atom is 0.275 e. The minimum Gasteiger partial charge on any atom is -0.493 e. The molecule has 0 radical (unpaired) electrons. The normalized spacial score (nSPS) is 26.5. The summed E-state index contributed by atoms with van der Waals surface area (Å²) in [6.45, 7) is 6.71. The van der Waals surface area contributed by atoms with Crippen molar-refractivity contribution in [1.29, 1.82) is 0 Å². The van der Waals surface area contributed by atoms with Gasteiger partial charge in [-0.15, -0.1) is 11.3 Å². The molecule has 1 fully saturated rings. The molecule has 4 atom stereocenters. The molecule has 1 N–H and O–H groups in total. The largest absolute Gasteiger partial charge is 0.493 e. The van der Waals surface area contributed by atoms with E-state index in [9.17, 15) is 9.59 Å². The van der Waals surface area contributed by atoms with Crippen molar-refractivity contribution in [2.45, 2.75) is 58.2 Å². The molecule has 35 heavy (non-hydrogen) atoms. The topological polar surface area (TPSA) is 72.8 Å². The molecular weight excluding hydrogens is 462 g/mol. The Bertz CT molecular complexity index is 1280. The van der Waals surface area contributed by atoms with Gasteiger partial charge in [0.25, 0.3) is 5.91 Å². The Kier molecular flexibility index (Phi) is 6.03. The third-order valence-electron chi connectivity index (χ3n) is 8.04. The molecule has 3 aromatic rings. The molecule has 0 bridgehead atoms. The molecule has 1 aromatic carbocycles. The Morgan fingerprint density at radius 1 is 1.11 bits per heavy atom. The fourth-order valence-corrected chi connectivity index (χ4v) is 6.51. The molecule has 0 spiro atoms. The van der Waals surface area contributed by atoms with E-state index in [4.69, 9.17) is 9.47 Å². The number of rotatable bonds is 5. The number of aromatic nitrogens is 1. The van der Waals surface area contributed by atoms with E-state index in [-0.39, 0.29) is 17.9 Å². The van der Waals surface area contributed by atoms with E-state index in [0.717, 1.165) is 23.1 Å². The number of hydrogen-bond donors (Lipinski definition) is 1. The van der Waals surface area contributed by atoms with Crippen LogP contribution in [0.3, 0.4) is 0 Å². The minimum absolute atomic E-state index is 0.0951. The number of benzene rings is 1. The lowest BCUT2D eigenvalue weighted by Crippen LogP contribution is -2.66.